The molecule has 1 atom stereocenters. The molecule has 2 heterocycles. The molecule has 168 valence electrons. The van der Waals surface area contributed by atoms with Crippen LogP contribution in [0.25, 0.3) is 10.9 Å². The van der Waals surface area contributed by atoms with Crippen LogP contribution in [-0.4, -0.2) is 65.2 Å². The Bertz CT molecular complexity index is 1170. The van der Waals surface area contributed by atoms with Gasteiger partial charge in [-0.05, 0) is 31.2 Å². The summed E-state index contributed by atoms with van der Waals surface area (Å²) in [7, 11) is 1.62. The third kappa shape index (κ3) is 4.41. The third-order valence-electron chi connectivity index (χ3n) is 6.04. The summed E-state index contributed by atoms with van der Waals surface area (Å²) in [5, 5.41) is 1.07. The van der Waals surface area contributed by atoms with E-state index in [1.807, 2.05) is 41.3 Å². The van der Waals surface area contributed by atoms with E-state index in [4.69, 9.17) is 21.3 Å². The Balaban J connectivity index is 1.55. The van der Waals surface area contributed by atoms with Crippen molar-refractivity contribution in [2.75, 3.05) is 39.9 Å². The van der Waals surface area contributed by atoms with E-state index in [0.717, 1.165) is 5.82 Å². The smallest absolute Gasteiger partial charge is 0.261 e. The molecule has 0 spiro atoms. The molecule has 1 unspecified atom stereocenters. The number of hydrogen-bond donors (Lipinski definition) is 0. The number of ether oxygens (including phenoxy) is 1. The van der Waals surface area contributed by atoms with Crippen LogP contribution in [0, 0.1) is 0 Å². The Morgan fingerprint density at radius 3 is 2.50 bits per heavy atom. The fourth-order valence-corrected chi connectivity index (χ4v) is 4.40. The number of benzene rings is 2. The van der Waals surface area contributed by atoms with Crippen molar-refractivity contribution in [2.45, 2.75) is 19.5 Å². The Morgan fingerprint density at radius 2 is 1.78 bits per heavy atom. The van der Waals surface area contributed by atoms with E-state index in [1.54, 1.807) is 23.8 Å². The maximum absolute atomic E-state index is 13.2. The van der Waals surface area contributed by atoms with Crippen molar-refractivity contribution >= 4 is 28.4 Å². The first kappa shape index (κ1) is 22.5. The standard InChI is InChI=1S/C24H27ClN4O3/c1-17(22-26-21-10-6-4-8-19(21)24(31)29(22)15-16-32-2)27-11-13-28(14-12-27)23(30)18-7-3-5-9-20(18)25/h3-10,17H,11-16H2,1-2H3. The highest BCUT2D eigenvalue weighted by atomic mass is 35.5. The summed E-state index contributed by atoms with van der Waals surface area (Å²) >= 11 is 6.21. The first-order valence-corrected chi connectivity index (χ1v) is 11.2. The van der Waals surface area contributed by atoms with Crippen molar-refractivity contribution < 1.29 is 9.53 Å². The average Bonchev–Trinajstić information content (AvgIpc) is 2.83. The van der Waals surface area contributed by atoms with Crippen LogP contribution < -0.4 is 5.56 Å². The summed E-state index contributed by atoms with van der Waals surface area (Å²) in [4.78, 5) is 35.0. The number of carbonyl (C=O) groups is 1. The van der Waals surface area contributed by atoms with Gasteiger partial charge in [-0.15, -0.1) is 0 Å². The lowest BCUT2D eigenvalue weighted by Crippen LogP contribution is -2.50. The molecule has 1 aliphatic rings. The SMILES string of the molecule is COCCn1c(C(C)N2CCN(C(=O)c3ccccc3Cl)CC2)nc2ccccc2c1=O. The Labute approximate surface area is 192 Å². The number of piperazine rings is 1. The Kier molecular flexibility index (Phi) is 6.89. The van der Waals surface area contributed by atoms with Crippen LogP contribution in [0.15, 0.2) is 53.3 Å². The normalized spacial score (nSPS) is 15.8. The molecule has 0 radical (unpaired) electrons. The van der Waals surface area contributed by atoms with Crippen molar-refractivity contribution in [3.63, 3.8) is 0 Å². The number of para-hydroxylation sites is 1. The second-order valence-electron chi connectivity index (χ2n) is 7.92. The molecule has 8 heteroatoms. The molecular weight excluding hydrogens is 428 g/mol. The molecule has 1 saturated heterocycles. The zero-order valence-electron chi connectivity index (χ0n) is 18.3. The fourth-order valence-electron chi connectivity index (χ4n) is 4.18. The zero-order valence-corrected chi connectivity index (χ0v) is 19.1. The minimum Gasteiger partial charge on any atom is -0.383 e. The molecule has 2 aromatic carbocycles. The molecule has 0 saturated carbocycles. The van der Waals surface area contributed by atoms with Crippen molar-refractivity contribution in [1.29, 1.82) is 0 Å². The van der Waals surface area contributed by atoms with E-state index < -0.39 is 0 Å². The molecule has 4 rings (SSSR count). The summed E-state index contributed by atoms with van der Waals surface area (Å²) < 4.78 is 6.95. The summed E-state index contributed by atoms with van der Waals surface area (Å²) in [6, 6.07) is 14.5. The largest absolute Gasteiger partial charge is 0.383 e. The molecule has 0 aliphatic carbocycles. The number of amides is 1. The molecular formula is C24H27ClN4O3. The topological polar surface area (TPSA) is 67.7 Å². The van der Waals surface area contributed by atoms with Gasteiger partial charge in [0.1, 0.15) is 5.82 Å². The van der Waals surface area contributed by atoms with Crippen molar-refractivity contribution in [2.24, 2.45) is 0 Å². The first-order valence-electron chi connectivity index (χ1n) is 10.8. The third-order valence-corrected chi connectivity index (χ3v) is 6.37. The van der Waals surface area contributed by atoms with Gasteiger partial charge in [-0.1, -0.05) is 35.9 Å². The molecule has 1 amide bonds. The summed E-state index contributed by atoms with van der Waals surface area (Å²) in [6.07, 6.45) is 0. The monoisotopic (exact) mass is 454 g/mol. The molecule has 7 nitrogen and oxygen atoms in total. The summed E-state index contributed by atoms with van der Waals surface area (Å²) in [5.74, 6) is 0.667. The van der Waals surface area contributed by atoms with Gasteiger partial charge in [-0.3, -0.25) is 19.1 Å². The van der Waals surface area contributed by atoms with Crippen molar-refractivity contribution in [3.8, 4) is 0 Å². The second kappa shape index (κ2) is 9.81. The summed E-state index contributed by atoms with van der Waals surface area (Å²) in [6.45, 7) is 5.48. The van der Waals surface area contributed by atoms with Crippen LogP contribution in [0.1, 0.15) is 29.1 Å². The lowest BCUT2D eigenvalue weighted by molar-refractivity contribution is 0.0569. The van der Waals surface area contributed by atoms with Gasteiger partial charge < -0.3 is 9.64 Å². The average molecular weight is 455 g/mol. The number of hydrogen-bond acceptors (Lipinski definition) is 5. The lowest BCUT2D eigenvalue weighted by atomic mass is 10.1. The van der Waals surface area contributed by atoms with Gasteiger partial charge in [0.15, 0.2) is 0 Å². The van der Waals surface area contributed by atoms with Crippen LogP contribution in [0.3, 0.4) is 0 Å². The molecule has 3 aromatic rings. The van der Waals surface area contributed by atoms with Gasteiger partial charge in [0.2, 0.25) is 0 Å². The van der Waals surface area contributed by atoms with E-state index in [-0.39, 0.29) is 17.5 Å². The second-order valence-corrected chi connectivity index (χ2v) is 8.33. The minimum absolute atomic E-state index is 0.0521. The van der Waals surface area contributed by atoms with Crippen LogP contribution in [0.2, 0.25) is 5.02 Å². The van der Waals surface area contributed by atoms with E-state index in [1.165, 1.54) is 0 Å². The maximum atomic E-state index is 13.2. The van der Waals surface area contributed by atoms with Crippen LogP contribution in [0.4, 0.5) is 0 Å². The van der Waals surface area contributed by atoms with E-state index in [2.05, 4.69) is 11.8 Å². The number of methoxy groups -OCH3 is 1. The van der Waals surface area contributed by atoms with E-state index >= 15 is 0 Å². The Hall–Kier alpha value is -2.74. The van der Waals surface area contributed by atoms with E-state index in [0.29, 0.717) is 60.8 Å². The molecule has 1 aromatic heterocycles. The number of carbonyl (C=O) groups excluding carboxylic acids is 1. The number of nitrogens with zero attached hydrogens (tertiary/aromatic N) is 4. The molecule has 0 bridgehead atoms. The Morgan fingerprint density at radius 1 is 1.09 bits per heavy atom. The van der Waals surface area contributed by atoms with Crippen molar-refractivity contribution in [3.05, 3.63) is 75.3 Å². The van der Waals surface area contributed by atoms with Crippen LogP contribution >= 0.6 is 11.6 Å². The van der Waals surface area contributed by atoms with Gasteiger partial charge in [0.25, 0.3) is 11.5 Å². The molecule has 32 heavy (non-hydrogen) atoms. The van der Waals surface area contributed by atoms with Gasteiger partial charge in [-0.2, -0.15) is 0 Å². The maximum Gasteiger partial charge on any atom is 0.261 e. The van der Waals surface area contributed by atoms with Gasteiger partial charge in [-0.25, -0.2) is 4.98 Å². The summed E-state index contributed by atoms with van der Waals surface area (Å²) in [5.41, 5.74) is 1.17. The van der Waals surface area contributed by atoms with Crippen LogP contribution in [-0.2, 0) is 11.3 Å². The van der Waals surface area contributed by atoms with E-state index in [9.17, 15) is 9.59 Å². The quantitative estimate of drug-likeness (QED) is 0.572. The number of rotatable bonds is 6. The molecule has 0 N–H and O–H groups in total. The number of aromatic nitrogens is 2. The first-order chi connectivity index (χ1) is 15.5. The van der Waals surface area contributed by atoms with Crippen molar-refractivity contribution in [1.82, 2.24) is 19.4 Å². The van der Waals surface area contributed by atoms with Gasteiger partial charge >= 0.3 is 0 Å². The molecule has 1 aliphatic heterocycles. The fraction of sp³-hybridized carbons (Fsp3) is 0.375. The zero-order chi connectivity index (χ0) is 22.7. The predicted molar refractivity (Wildman–Crippen MR) is 125 cm³/mol. The minimum atomic E-state index is -0.0817. The highest BCUT2D eigenvalue weighted by Gasteiger charge is 2.28. The van der Waals surface area contributed by atoms with Crippen LogP contribution in [0.5, 0.6) is 0 Å². The number of fused-ring (bicyclic) bond motifs is 1. The highest BCUT2D eigenvalue weighted by molar-refractivity contribution is 6.33. The molecule has 1 fully saturated rings. The van der Waals surface area contributed by atoms with Gasteiger partial charge in [0, 0.05) is 33.3 Å². The number of halogens is 1. The predicted octanol–water partition coefficient (Wildman–Crippen LogP) is 3.22. The highest BCUT2D eigenvalue weighted by Crippen LogP contribution is 2.23. The van der Waals surface area contributed by atoms with Gasteiger partial charge in [0.05, 0.1) is 40.7 Å². The lowest BCUT2D eigenvalue weighted by Gasteiger charge is -2.38.